The van der Waals surface area contributed by atoms with Gasteiger partial charge >= 0.3 is 0 Å². The van der Waals surface area contributed by atoms with E-state index in [2.05, 4.69) is 20.9 Å². The summed E-state index contributed by atoms with van der Waals surface area (Å²) in [5.41, 5.74) is -0.800. The van der Waals surface area contributed by atoms with Gasteiger partial charge in [0.25, 0.3) is 0 Å². The minimum Gasteiger partial charge on any atom is -0.390 e. The third-order valence-electron chi connectivity index (χ3n) is 3.19. The maximum Gasteiger partial charge on any atom is 0.246 e. The second kappa shape index (κ2) is 5.29. The van der Waals surface area contributed by atoms with Crippen molar-refractivity contribution in [3.05, 3.63) is 21.9 Å². The second-order valence-corrected chi connectivity index (χ2v) is 8.02. The topological polar surface area (TPSA) is 70.5 Å². The maximum absolute atomic E-state index is 12.5. The number of halogens is 2. The first-order chi connectivity index (χ1) is 8.72. The Kier molecular flexibility index (Phi) is 4.23. The Balaban J connectivity index is 2.31. The average Bonchev–Trinajstić information content (AvgIpc) is 2.31. The van der Waals surface area contributed by atoms with Crippen LogP contribution in [-0.4, -0.2) is 41.5 Å². The van der Waals surface area contributed by atoms with E-state index in [-0.39, 0.29) is 23.1 Å². The quantitative estimate of drug-likeness (QED) is 0.810. The molecule has 0 bridgehead atoms. The molecule has 1 fully saturated rings. The number of pyridine rings is 1. The first-order valence-electron chi connectivity index (χ1n) is 5.76. The molecule has 8 heteroatoms. The number of rotatable bonds is 2. The Labute approximate surface area is 125 Å². The van der Waals surface area contributed by atoms with E-state index in [1.165, 1.54) is 16.6 Å². The predicted molar refractivity (Wildman–Crippen MR) is 75.6 cm³/mol. The third-order valence-corrected chi connectivity index (χ3v) is 5.95. The summed E-state index contributed by atoms with van der Waals surface area (Å²) >= 11 is 9.06. The summed E-state index contributed by atoms with van der Waals surface area (Å²) < 4.78 is 26.8. The van der Waals surface area contributed by atoms with E-state index in [4.69, 9.17) is 11.6 Å². The van der Waals surface area contributed by atoms with Gasteiger partial charge in [0.1, 0.15) is 10.0 Å². The Morgan fingerprint density at radius 1 is 1.47 bits per heavy atom. The Morgan fingerprint density at radius 2 is 2.05 bits per heavy atom. The molecule has 1 aromatic rings. The van der Waals surface area contributed by atoms with Crippen LogP contribution in [0, 0.1) is 0 Å². The van der Waals surface area contributed by atoms with Crippen molar-refractivity contribution < 1.29 is 13.5 Å². The highest BCUT2D eigenvalue weighted by Gasteiger charge is 2.35. The number of aliphatic hydroxyl groups is 1. The van der Waals surface area contributed by atoms with Gasteiger partial charge in [0.2, 0.25) is 10.0 Å². The van der Waals surface area contributed by atoms with Crippen LogP contribution in [0.25, 0.3) is 0 Å². The fraction of sp³-hybridized carbons (Fsp3) is 0.545. The molecule has 2 heterocycles. The first kappa shape index (κ1) is 15.2. The highest BCUT2D eigenvalue weighted by atomic mass is 79.9. The summed E-state index contributed by atoms with van der Waals surface area (Å²) in [5, 5.41) is 9.82. The standard InChI is InChI=1S/C11H14BrClN2O3S/c1-11(16)2-4-15(5-3-11)19(17,18)9-6-8(12)7-14-10(9)13/h6-7,16H,2-5H2,1H3. The summed E-state index contributed by atoms with van der Waals surface area (Å²) in [5.74, 6) is 0. The molecule has 0 aromatic carbocycles. The molecule has 0 unspecified atom stereocenters. The fourth-order valence-electron chi connectivity index (χ4n) is 1.93. The lowest BCUT2D eigenvalue weighted by Crippen LogP contribution is -2.45. The van der Waals surface area contributed by atoms with Gasteiger partial charge in [-0.05, 0) is 41.8 Å². The average molecular weight is 370 g/mol. The Morgan fingerprint density at radius 3 is 2.63 bits per heavy atom. The van der Waals surface area contributed by atoms with E-state index in [9.17, 15) is 13.5 Å². The highest BCUT2D eigenvalue weighted by Crippen LogP contribution is 2.30. The fourth-order valence-corrected chi connectivity index (χ4v) is 4.29. The van der Waals surface area contributed by atoms with Crippen LogP contribution in [0.2, 0.25) is 5.15 Å². The van der Waals surface area contributed by atoms with Gasteiger partial charge in [0.15, 0.2) is 0 Å². The molecule has 2 rings (SSSR count). The smallest absolute Gasteiger partial charge is 0.246 e. The minimum atomic E-state index is -3.67. The molecule has 0 spiro atoms. The molecule has 1 aliphatic rings. The number of hydrogen-bond donors (Lipinski definition) is 1. The number of piperidine rings is 1. The van der Waals surface area contributed by atoms with Crippen LogP contribution in [0.4, 0.5) is 0 Å². The van der Waals surface area contributed by atoms with Crippen molar-refractivity contribution in [1.82, 2.24) is 9.29 Å². The van der Waals surface area contributed by atoms with Crippen LogP contribution < -0.4 is 0 Å². The van der Waals surface area contributed by atoms with Gasteiger partial charge in [-0.25, -0.2) is 13.4 Å². The van der Waals surface area contributed by atoms with E-state index < -0.39 is 15.6 Å². The SMILES string of the molecule is CC1(O)CCN(S(=O)(=O)c2cc(Br)cnc2Cl)CC1. The van der Waals surface area contributed by atoms with Crippen LogP contribution in [0.1, 0.15) is 19.8 Å². The predicted octanol–water partition coefficient (Wildman–Crippen LogP) is 2.03. The summed E-state index contributed by atoms with van der Waals surface area (Å²) in [6, 6.07) is 1.44. The molecule has 0 saturated carbocycles. The maximum atomic E-state index is 12.5. The normalized spacial score (nSPS) is 20.4. The minimum absolute atomic E-state index is 0.00918. The number of nitrogens with zero attached hydrogens (tertiary/aromatic N) is 2. The van der Waals surface area contributed by atoms with Crippen molar-refractivity contribution in [2.75, 3.05) is 13.1 Å². The van der Waals surface area contributed by atoms with Gasteiger partial charge in [0.05, 0.1) is 5.60 Å². The molecule has 0 amide bonds. The molecule has 1 saturated heterocycles. The van der Waals surface area contributed by atoms with Gasteiger partial charge in [-0.15, -0.1) is 0 Å². The van der Waals surface area contributed by atoms with Gasteiger partial charge in [-0.2, -0.15) is 4.31 Å². The molecule has 106 valence electrons. The van der Waals surface area contributed by atoms with Crippen LogP contribution in [-0.2, 0) is 10.0 Å². The zero-order valence-electron chi connectivity index (χ0n) is 10.3. The van der Waals surface area contributed by atoms with Crippen molar-refractivity contribution in [1.29, 1.82) is 0 Å². The van der Waals surface area contributed by atoms with Crippen molar-refractivity contribution in [3.63, 3.8) is 0 Å². The zero-order valence-corrected chi connectivity index (χ0v) is 13.5. The van der Waals surface area contributed by atoms with Gasteiger partial charge < -0.3 is 5.11 Å². The van der Waals surface area contributed by atoms with E-state index in [1.54, 1.807) is 6.92 Å². The molecular formula is C11H14BrClN2O3S. The third kappa shape index (κ3) is 3.28. The Bertz CT molecular complexity index is 582. The van der Waals surface area contributed by atoms with E-state index in [0.717, 1.165) is 0 Å². The Hall–Kier alpha value is -0.210. The van der Waals surface area contributed by atoms with Crippen LogP contribution in [0.5, 0.6) is 0 Å². The molecule has 19 heavy (non-hydrogen) atoms. The number of hydrogen-bond acceptors (Lipinski definition) is 4. The summed E-state index contributed by atoms with van der Waals surface area (Å²) in [6.45, 7) is 2.26. The zero-order chi connectivity index (χ0) is 14.3. The monoisotopic (exact) mass is 368 g/mol. The molecule has 0 atom stereocenters. The summed E-state index contributed by atoms with van der Waals surface area (Å²) in [7, 11) is -3.67. The molecule has 5 nitrogen and oxygen atoms in total. The molecular weight excluding hydrogens is 356 g/mol. The van der Waals surface area contributed by atoms with Crippen LogP contribution in [0.15, 0.2) is 21.6 Å². The largest absolute Gasteiger partial charge is 0.390 e. The van der Waals surface area contributed by atoms with Gasteiger partial charge in [0, 0.05) is 23.8 Å². The molecule has 1 N–H and O–H groups in total. The van der Waals surface area contributed by atoms with E-state index in [1.807, 2.05) is 0 Å². The van der Waals surface area contributed by atoms with E-state index >= 15 is 0 Å². The summed E-state index contributed by atoms with van der Waals surface area (Å²) in [4.78, 5) is 3.82. The molecule has 1 aromatic heterocycles. The lowest BCUT2D eigenvalue weighted by Gasteiger charge is -2.35. The lowest BCUT2D eigenvalue weighted by atomic mass is 9.95. The number of sulfonamides is 1. The van der Waals surface area contributed by atoms with Crippen LogP contribution in [0.3, 0.4) is 0 Å². The number of aromatic nitrogens is 1. The lowest BCUT2D eigenvalue weighted by molar-refractivity contribution is 0.0126. The van der Waals surface area contributed by atoms with Gasteiger partial charge in [-0.3, -0.25) is 0 Å². The highest BCUT2D eigenvalue weighted by molar-refractivity contribution is 9.10. The van der Waals surface area contributed by atoms with Crippen LogP contribution >= 0.6 is 27.5 Å². The molecule has 0 radical (unpaired) electrons. The first-order valence-corrected chi connectivity index (χ1v) is 8.37. The van der Waals surface area contributed by atoms with Crippen molar-refractivity contribution in [3.8, 4) is 0 Å². The summed E-state index contributed by atoms with van der Waals surface area (Å²) in [6.07, 6.45) is 2.26. The van der Waals surface area contributed by atoms with Crippen molar-refractivity contribution in [2.45, 2.75) is 30.3 Å². The second-order valence-electron chi connectivity index (χ2n) is 4.84. The van der Waals surface area contributed by atoms with Crippen molar-refractivity contribution >= 4 is 37.6 Å². The molecule has 0 aliphatic carbocycles. The van der Waals surface area contributed by atoms with Gasteiger partial charge in [-0.1, -0.05) is 11.6 Å². The van der Waals surface area contributed by atoms with E-state index in [0.29, 0.717) is 17.3 Å². The van der Waals surface area contributed by atoms with Crippen molar-refractivity contribution in [2.24, 2.45) is 0 Å². The molecule has 1 aliphatic heterocycles.